The molecule has 0 unspecified atom stereocenters. The monoisotopic (exact) mass is 602 g/mol. The second-order valence-electron chi connectivity index (χ2n) is 9.97. The van der Waals surface area contributed by atoms with Gasteiger partial charge in [0.2, 0.25) is 0 Å². The Balaban J connectivity index is 1.54. The number of Topliss-reactive ketones (excluding diaryl/α,β-unsaturated/α-hetero) is 1. The summed E-state index contributed by atoms with van der Waals surface area (Å²) in [4.78, 5) is 33.4. The maximum atomic E-state index is 13.7. The van der Waals surface area contributed by atoms with E-state index < -0.39 is 17.7 Å². The predicted molar refractivity (Wildman–Crippen MR) is 163 cm³/mol. The largest absolute Gasteiger partial charge is 0.507 e. The van der Waals surface area contributed by atoms with Gasteiger partial charge in [0.25, 0.3) is 5.78 Å². The van der Waals surface area contributed by atoms with E-state index in [-0.39, 0.29) is 24.0 Å². The number of halogens is 1. The van der Waals surface area contributed by atoms with Crippen molar-refractivity contribution in [2.75, 3.05) is 18.1 Å². The number of rotatable bonds is 8. The summed E-state index contributed by atoms with van der Waals surface area (Å²) in [6.45, 7) is 8.15. The third-order valence-electron chi connectivity index (χ3n) is 7.10. The summed E-state index contributed by atoms with van der Waals surface area (Å²) in [5, 5.41) is 12.5. The van der Waals surface area contributed by atoms with Gasteiger partial charge in [-0.3, -0.25) is 14.5 Å². The van der Waals surface area contributed by atoms with Crippen LogP contribution in [0.2, 0.25) is 5.02 Å². The average Bonchev–Trinajstić information content (AvgIpc) is 3.63. The molecule has 8 nitrogen and oxygen atoms in total. The Morgan fingerprint density at radius 2 is 2.00 bits per heavy atom. The molecule has 4 aromatic rings. The number of aliphatic hydroxyl groups excluding tert-OH is 1. The molecule has 1 fully saturated rings. The number of nitrogens with zero attached hydrogens (tertiary/aromatic N) is 2. The maximum absolute atomic E-state index is 13.7. The topological polar surface area (TPSA) is 98.2 Å². The molecule has 3 aromatic carbocycles. The Morgan fingerprint density at radius 3 is 2.79 bits per heavy atom. The van der Waals surface area contributed by atoms with Crippen LogP contribution in [-0.2, 0) is 16.0 Å². The van der Waals surface area contributed by atoms with Gasteiger partial charge in [-0.15, -0.1) is 0 Å². The third kappa shape index (κ3) is 4.88. The first-order valence-corrected chi connectivity index (χ1v) is 14.7. The Kier molecular flexibility index (Phi) is 7.38. The van der Waals surface area contributed by atoms with Crippen molar-refractivity contribution in [2.45, 2.75) is 32.4 Å². The van der Waals surface area contributed by atoms with Crippen LogP contribution in [0.15, 0.2) is 72.8 Å². The van der Waals surface area contributed by atoms with Crippen LogP contribution in [0.4, 0.5) is 5.13 Å². The standard InChI is InChI=1S/C32H27ClN2O6S/c1-4-12-40-24-11-6-18(15-25(24)39-5-2)28-27(29(36)19-7-10-23-20(14-19)13-17(3)41-23)30(37)31(38)35(28)32-34-22-9-8-21(33)16-26(22)42-32/h4,6-11,14-17,28,36H,1,5,12-13H2,2-3H3/b29-27+/t17-,28-/m1/s1. The predicted octanol–water partition coefficient (Wildman–Crippen LogP) is 6.86. The van der Waals surface area contributed by atoms with Gasteiger partial charge in [0.1, 0.15) is 24.2 Å². The van der Waals surface area contributed by atoms with Gasteiger partial charge >= 0.3 is 5.91 Å². The number of hydrogen-bond donors (Lipinski definition) is 1. The number of anilines is 1. The molecule has 0 saturated carbocycles. The van der Waals surface area contributed by atoms with Crippen molar-refractivity contribution < 1.29 is 28.9 Å². The number of aliphatic hydroxyl groups is 1. The van der Waals surface area contributed by atoms with E-state index in [1.807, 2.05) is 13.8 Å². The molecule has 6 rings (SSSR count). The fraction of sp³-hybridized carbons (Fsp3) is 0.219. The van der Waals surface area contributed by atoms with Crippen molar-refractivity contribution in [3.8, 4) is 17.2 Å². The molecule has 1 saturated heterocycles. The smallest absolute Gasteiger partial charge is 0.301 e. The SMILES string of the molecule is C=CCOc1ccc([C@@H]2/C(=C(\O)c3ccc4c(c3)C[C@@H](C)O4)C(=O)C(=O)N2c2nc3ccc(Cl)cc3s2)cc1OCC. The summed E-state index contributed by atoms with van der Waals surface area (Å²) < 4.78 is 18.2. The maximum Gasteiger partial charge on any atom is 0.301 e. The van der Waals surface area contributed by atoms with Gasteiger partial charge in [0.15, 0.2) is 16.6 Å². The van der Waals surface area contributed by atoms with Crippen molar-refractivity contribution in [1.29, 1.82) is 0 Å². The van der Waals surface area contributed by atoms with Gasteiger partial charge in [0, 0.05) is 17.0 Å². The summed E-state index contributed by atoms with van der Waals surface area (Å²) in [7, 11) is 0. The Labute approximate surface area is 251 Å². The molecule has 2 aliphatic heterocycles. The lowest BCUT2D eigenvalue weighted by Crippen LogP contribution is -2.29. The lowest BCUT2D eigenvalue weighted by Gasteiger charge is -2.24. The number of carbonyl (C=O) groups is 2. The number of thiazole rings is 1. The number of ether oxygens (including phenoxy) is 3. The summed E-state index contributed by atoms with van der Waals surface area (Å²) in [6, 6.07) is 14.7. The lowest BCUT2D eigenvalue weighted by molar-refractivity contribution is -0.132. The molecule has 1 N–H and O–H groups in total. The number of benzene rings is 3. The van der Waals surface area contributed by atoms with E-state index in [0.717, 1.165) is 16.0 Å². The number of hydrogen-bond acceptors (Lipinski definition) is 8. The number of carbonyl (C=O) groups excluding carboxylic acids is 2. The molecule has 0 radical (unpaired) electrons. The molecule has 2 atom stereocenters. The highest BCUT2D eigenvalue weighted by molar-refractivity contribution is 7.22. The van der Waals surface area contributed by atoms with E-state index in [1.54, 1.807) is 60.7 Å². The van der Waals surface area contributed by atoms with E-state index in [9.17, 15) is 14.7 Å². The van der Waals surface area contributed by atoms with Crippen molar-refractivity contribution in [3.05, 3.63) is 94.5 Å². The van der Waals surface area contributed by atoms with Crippen molar-refractivity contribution in [3.63, 3.8) is 0 Å². The molecule has 0 bridgehead atoms. The first-order chi connectivity index (χ1) is 20.3. The summed E-state index contributed by atoms with van der Waals surface area (Å²) in [6.07, 6.45) is 2.31. The molecule has 1 amide bonds. The molecule has 214 valence electrons. The zero-order valence-electron chi connectivity index (χ0n) is 22.9. The highest BCUT2D eigenvalue weighted by atomic mass is 35.5. The van der Waals surface area contributed by atoms with E-state index in [0.29, 0.717) is 51.3 Å². The van der Waals surface area contributed by atoms with Crippen molar-refractivity contribution >= 4 is 55.7 Å². The molecule has 42 heavy (non-hydrogen) atoms. The molecular weight excluding hydrogens is 576 g/mol. The van der Waals surface area contributed by atoms with Crippen LogP contribution >= 0.6 is 22.9 Å². The van der Waals surface area contributed by atoms with Crippen molar-refractivity contribution in [2.24, 2.45) is 0 Å². The van der Waals surface area contributed by atoms with Crippen LogP contribution in [0.1, 0.15) is 36.6 Å². The summed E-state index contributed by atoms with van der Waals surface area (Å²) in [5.41, 5.74) is 2.46. The van der Waals surface area contributed by atoms with Gasteiger partial charge < -0.3 is 19.3 Å². The molecule has 3 heterocycles. The highest BCUT2D eigenvalue weighted by Gasteiger charge is 2.48. The summed E-state index contributed by atoms with van der Waals surface area (Å²) in [5.74, 6) is -0.237. The Morgan fingerprint density at radius 1 is 1.17 bits per heavy atom. The van der Waals surface area contributed by atoms with Gasteiger partial charge in [-0.2, -0.15) is 0 Å². The first-order valence-electron chi connectivity index (χ1n) is 13.5. The quantitative estimate of drug-likeness (QED) is 0.102. The zero-order valence-corrected chi connectivity index (χ0v) is 24.5. The highest BCUT2D eigenvalue weighted by Crippen LogP contribution is 2.46. The number of fused-ring (bicyclic) bond motifs is 2. The van der Waals surface area contributed by atoms with Crippen LogP contribution in [0.5, 0.6) is 17.2 Å². The van der Waals surface area contributed by atoms with Gasteiger partial charge in [0.05, 0.1) is 28.4 Å². The van der Waals surface area contributed by atoms with Crippen LogP contribution in [0.3, 0.4) is 0 Å². The molecule has 0 aliphatic carbocycles. The number of ketones is 1. The second kappa shape index (κ2) is 11.2. The van der Waals surface area contributed by atoms with Crippen molar-refractivity contribution in [1.82, 2.24) is 4.98 Å². The number of aromatic nitrogens is 1. The van der Waals surface area contributed by atoms with Crippen LogP contribution < -0.4 is 19.1 Å². The zero-order chi connectivity index (χ0) is 29.5. The minimum atomic E-state index is -0.989. The fourth-order valence-corrected chi connectivity index (χ4v) is 6.56. The van der Waals surface area contributed by atoms with E-state index >= 15 is 0 Å². The molecule has 0 spiro atoms. The fourth-order valence-electron chi connectivity index (χ4n) is 5.29. The molecular formula is C32H27ClN2O6S. The lowest BCUT2D eigenvalue weighted by atomic mass is 9.94. The Bertz CT molecular complexity index is 1780. The Hall–Kier alpha value is -4.34. The molecule has 1 aromatic heterocycles. The van der Waals surface area contributed by atoms with Crippen LogP contribution in [-0.4, -0.2) is 41.1 Å². The van der Waals surface area contributed by atoms with E-state index in [2.05, 4.69) is 11.6 Å². The van der Waals surface area contributed by atoms with Gasteiger partial charge in [-0.05, 0) is 73.5 Å². The van der Waals surface area contributed by atoms with Gasteiger partial charge in [-0.1, -0.05) is 41.7 Å². The van der Waals surface area contributed by atoms with Crippen LogP contribution in [0.25, 0.3) is 16.0 Å². The average molecular weight is 603 g/mol. The van der Waals surface area contributed by atoms with E-state index in [1.165, 1.54) is 16.2 Å². The second-order valence-corrected chi connectivity index (χ2v) is 11.4. The normalized spacial score (nSPS) is 19.2. The van der Waals surface area contributed by atoms with E-state index in [4.69, 9.17) is 25.8 Å². The minimum Gasteiger partial charge on any atom is -0.507 e. The first kappa shape index (κ1) is 27.8. The minimum absolute atomic E-state index is 0.00863. The molecule has 10 heteroatoms. The van der Waals surface area contributed by atoms with Crippen LogP contribution in [0, 0.1) is 0 Å². The number of amides is 1. The summed E-state index contributed by atoms with van der Waals surface area (Å²) >= 11 is 7.44. The molecule has 2 aliphatic rings. The third-order valence-corrected chi connectivity index (χ3v) is 8.35. The van der Waals surface area contributed by atoms with Gasteiger partial charge in [-0.25, -0.2) is 4.98 Å².